The summed E-state index contributed by atoms with van der Waals surface area (Å²) in [6, 6.07) is 19.9. The smallest absolute Gasteiger partial charge is 0.246 e. The van der Waals surface area contributed by atoms with Crippen LogP contribution in [-0.2, 0) is 9.59 Å². The van der Waals surface area contributed by atoms with E-state index in [9.17, 15) is 9.59 Å². The highest BCUT2D eigenvalue weighted by Crippen LogP contribution is 2.07. The Kier molecular flexibility index (Phi) is 8.62. The lowest BCUT2D eigenvalue weighted by molar-refractivity contribution is -0.128. The third-order valence-electron chi connectivity index (χ3n) is 5.00. The molecule has 2 aromatic carbocycles. The fourth-order valence-electron chi connectivity index (χ4n) is 3.31. The maximum atomic E-state index is 12.5. The van der Waals surface area contributed by atoms with Gasteiger partial charge in [0, 0.05) is 38.3 Å². The van der Waals surface area contributed by atoms with E-state index in [1.807, 2.05) is 85.0 Å². The van der Waals surface area contributed by atoms with Gasteiger partial charge in [0.2, 0.25) is 11.8 Å². The number of benzene rings is 2. The molecule has 3 rings (SSSR count). The largest absolute Gasteiger partial charge is 0.337 e. The average molecular weight is 413 g/mol. The normalized spacial score (nSPS) is 15.4. The van der Waals surface area contributed by atoms with Crippen molar-refractivity contribution in [2.45, 2.75) is 6.42 Å². The first kappa shape index (κ1) is 22.0. The van der Waals surface area contributed by atoms with Gasteiger partial charge in [0.15, 0.2) is 0 Å². The summed E-state index contributed by atoms with van der Waals surface area (Å²) in [4.78, 5) is 28.5. The zero-order valence-corrected chi connectivity index (χ0v) is 17.6. The summed E-state index contributed by atoms with van der Waals surface area (Å²) in [7, 11) is 0. The van der Waals surface area contributed by atoms with Gasteiger partial charge in [-0.25, -0.2) is 0 Å². The molecule has 31 heavy (non-hydrogen) atoms. The highest BCUT2D eigenvalue weighted by Gasteiger charge is 2.19. The first-order valence-electron chi connectivity index (χ1n) is 10.6. The summed E-state index contributed by atoms with van der Waals surface area (Å²) >= 11 is 0. The molecule has 1 aliphatic heterocycles. The number of nitrogens with zero attached hydrogens (tertiary/aromatic N) is 2. The molecule has 1 aliphatic rings. The first-order valence-corrected chi connectivity index (χ1v) is 10.6. The zero-order chi connectivity index (χ0) is 21.7. The van der Waals surface area contributed by atoms with Crippen LogP contribution in [0.3, 0.4) is 0 Å². The van der Waals surface area contributed by atoms with Crippen LogP contribution in [0.4, 0.5) is 0 Å². The fourth-order valence-corrected chi connectivity index (χ4v) is 3.31. The fraction of sp³-hybridized carbons (Fsp3) is 0.185. The van der Waals surface area contributed by atoms with Gasteiger partial charge in [-0.15, -0.1) is 0 Å². The standard InChI is InChI=1S/C27H28N2O2/c30-26(18-9-7-16-24-12-3-1-4-13-24)28-20-11-21-29(23-22-28)27(31)19-10-8-17-25-14-5-2-6-15-25/h1-10,12-19H,11,20-23H2/b16-7+,17-8+,18-9+,19-10+. The molecular weight excluding hydrogens is 384 g/mol. The van der Waals surface area contributed by atoms with Crippen molar-refractivity contribution in [2.75, 3.05) is 26.2 Å². The number of amides is 2. The highest BCUT2D eigenvalue weighted by molar-refractivity contribution is 5.89. The molecule has 158 valence electrons. The van der Waals surface area contributed by atoms with E-state index in [1.54, 1.807) is 34.1 Å². The van der Waals surface area contributed by atoms with Gasteiger partial charge < -0.3 is 9.80 Å². The molecule has 0 bridgehead atoms. The van der Waals surface area contributed by atoms with Gasteiger partial charge in [-0.1, -0.05) is 97.1 Å². The number of rotatable bonds is 6. The van der Waals surface area contributed by atoms with Crippen molar-refractivity contribution in [1.29, 1.82) is 0 Å². The van der Waals surface area contributed by atoms with Crippen LogP contribution >= 0.6 is 0 Å². The maximum Gasteiger partial charge on any atom is 0.246 e. The minimum absolute atomic E-state index is 0.0200. The number of hydrogen-bond donors (Lipinski definition) is 0. The van der Waals surface area contributed by atoms with Crippen LogP contribution in [0, 0.1) is 0 Å². The minimum Gasteiger partial charge on any atom is -0.337 e. The Morgan fingerprint density at radius 3 is 1.42 bits per heavy atom. The first-order chi connectivity index (χ1) is 15.2. The second-order valence-corrected chi connectivity index (χ2v) is 7.26. The van der Waals surface area contributed by atoms with E-state index in [2.05, 4.69) is 0 Å². The van der Waals surface area contributed by atoms with E-state index < -0.39 is 0 Å². The SMILES string of the molecule is O=C(/C=C/C=C/c1ccccc1)N1CCCN(C(=O)/C=C/C=C/c2ccccc2)CC1. The Morgan fingerprint density at radius 1 is 0.581 bits per heavy atom. The summed E-state index contributed by atoms with van der Waals surface area (Å²) in [5.74, 6) is -0.0401. The topological polar surface area (TPSA) is 40.6 Å². The van der Waals surface area contributed by atoms with E-state index >= 15 is 0 Å². The lowest BCUT2D eigenvalue weighted by Gasteiger charge is -2.20. The molecule has 0 aliphatic carbocycles. The third-order valence-corrected chi connectivity index (χ3v) is 5.00. The van der Waals surface area contributed by atoms with Crippen LogP contribution in [0.5, 0.6) is 0 Å². The van der Waals surface area contributed by atoms with Crippen LogP contribution in [-0.4, -0.2) is 47.8 Å². The second-order valence-electron chi connectivity index (χ2n) is 7.26. The summed E-state index contributed by atoms with van der Waals surface area (Å²) in [6.45, 7) is 2.41. The third kappa shape index (κ3) is 7.59. The molecule has 1 heterocycles. The van der Waals surface area contributed by atoms with Crippen molar-refractivity contribution in [2.24, 2.45) is 0 Å². The molecule has 2 amide bonds. The lowest BCUT2D eigenvalue weighted by atomic mass is 10.2. The molecule has 4 nitrogen and oxygen atoms in total. The predicted molar refractivity (Wildman–Crippen MR) is 127 cm³/mol. The Labute approximate surface area is 184 Å². The quantitative estimate of drug-likeness (QED) is 0.514. The van der Waals surface area contributed by atoms with Crippen molar-refractivity contribution in [3.63, 3.8) is 0 Å². The number of carbonyl (C=O) groups excluding carboxylic acids is 2. The molecule has 0 unspecified atom stereocenters. The van der Waals surface area contributed by atoms with E-state index in [0.717, 1.165) is 17.5 Å². The molecule has 2 aromatic rings. The monoisotopic (exact) mass is 412 g/mol. The van der Waals surface area contributed by atoms with Gasteiger partial charge >= 0.3 is 0 Å². The molecular formula is C27H28N2O2. The summed E-state index contributed by atoms with van der Waals surface area (Å²) < 4.78 is 0. The van der Waals surface area contributed by atoms with Crippen LogP contribution < -0.4 is 0 Å². The lowest BCUT2D eigenvalue weighted by Crippen LogP contribution is -2.36. The van der Waals surface area contributed by atoms with E-state index in [-0.39, 0.29) is 11.8 Å². The van der Waals surface area contributed by atoms with Gasteiger partial charge in [-0.05, 0) is 17.5 Å². The van der Waals surface area contributed by atoms with Crippen molar-refractivity contribution < 1.29 is 9.59 Å². The van der Waals surface area contributed by atoms with Crippen LogP contribution in [0.25, 0.3) is 12.2 Å². The molecule has 0 saturated carbocycles. The van der Waals surface area contributed by atoms with E-state index in [4.69, 9.17) is 0 Å². The van der Waals surface area contributed by atoms with E-state index in [0.29, 0.717) is 26.2 Å². The minimum atomic E-state index is -0.0200. The molecule has 1 fully saturated rings. The summed E-state index contributed by atoms with van der Waals surface area (Å²) in [5, 5.41) is 0. The molecule has 0 atom stereocenters. The van der Waals surface area contributed by atoms with Gasteiger partial charge in [-0.2, -0.15) is 0 Å². The Bertz CT molecular complexity index is 880. The van der Waals surface area contributed by atoms with Gasteiger partial charge in [0.25, 0.3) is 0 Å². The van der Waals surface area contributed by atoms with Gasteiger partial charge in [-0.3, -0.25) is 9.59 Å². The van der Waals surface area contributed by atoms with Gasteiger partial charge in [0.1, 0.15) is 0 Å². The highest BCUT2D eigenvalue weighted by atomic mass is 16.2. The Hall–Kier alpha value is -3.66. The zero-order valence-electron chi connectivity index (χ0n) is 17.6. The Morgan fingerprint density at radius 2 is 1.00 bits per heavy atom. The van der Waals surface area contributed by atoms with Crippen LogP contribution in [0.2, 0.25) is 0 Å². The van der Waals surface area contributed by atoms with E-state index in [1.165, 1.54) is 0 Å². The average Bonchev–Trinajstić information content (AvgIpc) is 3.07. The Balaban J connectivity index is 1.45. The van der Waals surface area contributed by atoms with Gasteiger partial charge in [0.05, 0.1) is 0 Å². The van der Waals surface area contributed by atoms with Crippen molar-refractivity contribution in [3.05, 3.63) is 108 Å². The number of carbonyl (C=O) groups is 2. The molecule has 0 radical (unpaired) electrons. The predicted octanol–water partition coefficient (Wildman–Crippen LogP) is 4.59. The molecule has 0 spiro atoms. The van der Waals surface area contributed by atoms with Crippen molar-refractivity contribution >= 4 is 24.0 Å². The molecule has 4 heteroatoms. The molecule has 1 saturated heterocycles. The maximum absolute atomic E-state index is 12.5. The van der Waals surface area contributed by atoms with Crippen LogP contribution in [0.15, 0.2) is 97.1 Å². The summed E-state index contributed by atoms with van der Waals surface area (Å²) in [5.41, 5.74) is 2.19. The van der Waals surface area contributed by atoms with Crippen molar-refractivity contribution in [1.82, 2.24) is 9.80 Å². The number of allylic oxidation sites excluding steroid dienone is 4. The van der Waals surface area contributed by atoms with Crippen molar-refractivity contribution in [3.8, 4) is 0 Å². The second kappa shape index (κ2) is 12.1. The van der Waals surface area contributed by atoms with Crippen LogP contribution in [0.1, 0.15) is 17.5 Å². The number of hydrogen-bond acceptors (Lipinski definition) is 2. The molecule has 0 N–H and O–H groups in total. The summed E-state index contributed by atoms with van der Waals surface area (Å²) in [6.07, 6.45) is 15.2. The molecule has 0 aromatic heterocycles.